The second-order valence-corrected chi connectivity index (χ2v) is 7.02. The lowest BCUT2D eigenvalue weighted by Crippen LogP contribution is -2.30. The number of amides is 2. The van der Waals surface area contributed by atoms with Crippen LogP contribution in [0.25, 0.3) is 0 Å². The molecule has 0 bridgehead atoms. The van der Waals surface area contributed by atoms with Gasteiger partial charge in [-0.1, -0.05) is 29.8 Å². The van der Waals surface area contributed by atoms with E-state index in [2.05, 4.69) is 10.4 Å². The molecule has 1 saturated heterocycles. The molecule has 138 valence electrons. The van der Waals surface area contributed by atoms with Crippen molar-refractivity contribution in [1.82, 2.24) is 14.7 Å². The molecule has 6 heteroatoms. The number of nitrogens with one attached hydrogen (secondary N) is 1. The summed E-state index contributed by atoms with van der Waals surface area (Å²) in [5.41, 5.74) is 4.62. The summed E-state index contributed by atoms with van der Waals surface area (Å²) >= 11 is 0. The number of likely N-dealkylation sites (tertiary alicyclic amines) is 1. The Morgan fingerprint density at radius 3 is 2.46 bits per heavy atom. The van der Waals surface area contributed by atoms with Crippen molar-refractivity contribution in [2.24, 2.45) is 5.92 Å². The average Bonchev–Trinajstić information content (AvgIpc) is 3.06. The van der Waals surface area contributed by atoms with Gasteiger partial charge < -0.3 is 10.2 Å². The maximum atomic E-state index is 13.0. The topological polar surface area (TPSA) is 67.2 Å². The Labute approximate surface area is 154 Å². The second kappa shape index (κ2) is 6.94. The SMILES string of the molecule is CCn1nc(C)c(NC(=O)[C@H]2CC(=O)N(C)[C@H]2c2ccc(C)cc2)c1C. The van der Waals surface area contributed by atoms with Crippen LogP contribution in [0.4, 0.5) is 5.69 Å². The molecule has 0 radical (unpaired) electrons. The highest BCUT2D eigenvalue weighted by Crippen LogP contribution is 2.38. The summed E-state index contributed by atoms with van der Waals surface area (Å²) in [5, 5.41) is 7.48. The van der Waals surface area contributed by atoms with E-state index in [1.807, 2.05) is 56.6 Å². The minimum Gasteiger partial charge on any atom is -0.338 e. The molecular weight excluding hydrogens is 328 g/mol. The van der Waals surface area contributed by atoms with Crippen LogP contribution in [0.2, 0.25) is 0 Å². The Morgan fingerprint density at radius 1 is 1.23 bits per heavy atom. The molecule has 26 heavy (non-hydrogen) atoms. The van der Waals surface area contributed by atoms with Crippen molar-refractivity contribution in [3.05, 3.63) is 46.8 Å². The Bertz CT molecular complexity index is 838. The van der Waals surface area contributed by atoms with E-state index in [0.29, 0.717) is 0 Å². The van der Waals surface area contributed by atoms with Gasteiger partial charge in [-0.2, -0.15) is 5.10 Å². The van der Waals surface area contributed by atoms with E-state index in [-0.39, 0.29) is 24.3 Å². The highest BCUT2D eigenvalue weighted by Gasteiger charge is 2.42. The van der Waals surface area contributed by atoms with Gasteiger partial charge in [0.1, 0.15) is 0 Å². The summed E-state index contributed by atoms with van der Waals surface area (Å²) in [4.78, 5) is 27.0. The summed E-state index contributed by atoms with van der Waals surface area (Å²) in [5.74, 6) is -0.553. The molecule has 2 heterocycles. The highest BCUT2D eigenvalue weighted by atomic mass is 16.2. The van der Waals surface area contributed by atoms with Gasteiger partial charge in [0.25, 0.3) is 0 Å². The lowest BCUT2D eigenvalue weighted by Gasteiger charge is -2.25. The van der Waals surface area contributed by atoms with Crippen LogP contribution in [-0.4, -0.2) is 33.5 Å². The number of carbonyl (C=O) groups is 2. The lowest BCUT2D eigenvalue weighted by atomic mass is 9.92. The zero-order valence-electron chi connectivity index (χ0n) is 16.0. The molecule has 0 unspecified atom stereocenters. The van der Waals surface area contributed by atoms with Crippen LogP contribution < -0.4 is 5.32 Å². The van der Waals surface area contributed by atoms with E-state index in [4.69, 9.17) is 0 Å². The van der Waals surface area contributed by atoms with Gasteiger partial charge in [0.2, 0.25) is 11.8 Å². The molecule has 1 aliphatic rings. The van der Waals surface area contributed by atoms with Gasteiger partial charge in [0, 0.05) is 20.0 Å². The third-order valence-electron chi connectivity index (χ3n) is 5.27. The van der Waals surface area contributed by atoms with Crippen molar-refractivity contribution in [1.29, 1.82) is 0 Å². The fraction of sp³-hybridized carbons (Fsp3) is 0.450. The summed E-state index contributed by atoms with van der Waals surface area (Å²) in [6.07, 6.45) is 0.223. The predicted molar refractivity (Wildman–Crippen MR) is 101 cm³/mol. The van der Waals surface area contributed by atoms with E-state index in [1.165, 1.54) is 0 Å². The van der Waals surface area contributed by atoms with Crippen molar-refractivity contribution in [3.63, 3.8) is 0 Å². The van der Waals surface area contributed by atoms with Crippen molar-refractivity contribution < 1.29 is 9.59 Å². The Balaban J connectivity index is 1.88. The van der Waals surface area contributed by atoms with Crippen LogP contribution in [-0.2, 0) is 16.1 Å². The number of hydrogen-bond acceptors (Lipinski definition) is 3. The van der Waals surface area contributed by atoms with Crippen LogP contribution in [0.1, 0.15) is 41.9 Å². The molecular formula is C20H26N4O2. The molecule has 3 rings (SSSR count). The molecule has 6 nitrogen and oxygen atoms in total. The number of aryl methyl sites for hydroxylation is 3. The van der Waals surface area contributed by atoms with E-state index in [1.54, 1.807) is 11.9 Å². The van der Waals surface area contributed by atoms with Crippen LogP contribution in [0.15, 0.2) is 24.3 Å². The number of anilines is 1. The number of carbonyl (C=O) groups excluding carboxylic acids is 2. The van der Waals surface area contributed by atoms with Crippen molar-refractivity contribution in [2.75, 3.05) is 12.4 Å². The van der Waals surface area contributed by atoms with Crippen molar-refractivity contribution >= 4 is 17.5 Å². The summed E-state index contributed by atoms with van der Waals surface area (Å²) in [7, 11) is 1.77. The Morgan fingerprint density at radius 2 is 1.88 bits per heavy atom. The monoisotopic (exact) mass is 354 g/mol. The van der Waals surface area contributed by atoms with Gasteiger partial charge >= 0.3 is 0 Å². The first kappa shape index (κ1) is 18.2. The molecule has 0 saturated carbocycles. The fourth-order valence-corrected chi connectivity index (χ4v) is 3.73. The third-order valence-corrected chi connectivity index (χ3v) is 5.27. The van der Waals surface area contributed by atoms with Gasteiger partial charge in [-0.3, -0.25) is 14.3 Å². The average molecular weight is 354 g/mol. The van der Waals surface area contributed by atoms with Crippen LogP contribution in [0, 0.1) is 26.7 Å². The van der Waals surface area contributed by atoms with E-state index in [0.717, 1.165) is 34.7 Å². The molecule has 0 aliphatic carbocycles. The molecule has 1 aromatic heterocycles. The number of aromatic nitrogens is 2. The molecule has 1 aliphatic heterocycles. The molecule has 1 N–H and O–H groups in total. The summed E-state index contributed by atoms with van der Waals surface area (Å²) in [6.45, 7) is 8.62. The minimum atomic E-state index is -0.418. The van der Waals surface area contributed by atoms with Crippen molar-refractivity contribution in [2.45, 2.75) is 46.7 Å². The minimum absolute atomic E-state index is 0.00609. The maximum Gasteiger partial charge on any atom is 0.230 e. The Kier molecular flexibility index (Phi) is 4.85. The van der Waals surface area contributed by atoms with Crippen LogP contribution >= 0.6 is 0 Å². The fourth-order valence-electron chi connectivity index (χ4n) is 3.73. The maximum absolute atomic E-state index is 13.0. The number of benzene rings is 1. The number of rotatable bonds is 4. The van der Waals surface area contributed by atoms with Gasteiger partial charge in [0.15, 0.2) is 0 Å². The first-order chi connectivity index (χ1) is 12.3. The lowest BCUT2D eigenvalue weighted by molar-refractivity contribution is -0.127. The molecule has 2 amide bonds. The van der Waals surface area contributed by atoms with E-state index in [9.17, 15) is 9.59 Å². The first-order valence-corrected chi connectivity index (χ1v) is 9.00. The zero-order valence-corrected chi connectivity index (χ0v) is 16.0. The second-order valence-electron chi connectivity index (χ2n) is 7.02. The smallest absolute Gasteiger partial charge is 0.230 e. The highest BCUT2D eigenvalue weighted by molar-refractivity contribution is 5.98. The van der Waals surface area contributed by atoms with E-state index < -0.39 is 5.92 Å². The van der Waals surface area contributed by atoms with Crippen LogP contribution in [0.5, 0.6) is 0 Å². The number of hydrogen-bond donors (Lipinski definition) is 1. The summed E-state index contributed by atoms with van der Waals surface area (Å²) in [6, 6.07) is 7.79. The quantitative estimate of drug-likeness (QED) is 0.918. The van der Waals surface area contributed by atoms with Gasteiger partial charge in [-0.25, -0.2) is 0 Å². The molecule has 1 aromatic carbocycles. The molecule has 1 fully saturated rings. The van der Waals surface area contributed by atoms with Gasteiger partial charge in [-0.15, -0.1) is 0 Å². The standard InChI is InChI=1S/C20H26N4O2/c1-6-24-14(4)18(13(3)22-24)21-20(26)16-11-17(25)23(5)19(16)15-9-7-12(2)8-10-15/h7-10,16,19H,6,11H2,1-5H3,(H,21,26)/t16-,19-/m0/s1. The summed E-state index contributed by atoms with van der Waals surface area (Å²) < 4.78 is 1.87. The first-order valence-electron chi connectivity index (χ1n) is 9.00. The van der Waals surface area contributed by atoms with Crippen LogP contribution in [0.3, 0.4) is 0 Å². The molecule has 2 atom stereocenters. The van der Waals surface area contributed by atoms with Gasteiger partial charge in [0.05, 0.1) is 29.0 Å². The predicted octanol–water partition coefficient (Wildman–Crippen LogP) is 2.99. The van der Waals surface area contributed by atoms with Gasteiger partial charge in [-0.05, 0) is 33.3 Å². The normalized spacial score (nSPS) is 19.9. The van der Waals surface area contributed by atoms with E-state index >= 15 is 0 Å². The van der Waals surface area contributed by atoms with Crippen molar-refractivity contribution in [3.8, 4) is 0 Å². The zero-order chi connectivity index (χ0) is 19.0. The number of nitrogens with zero attached hydrogens (tertiary/aromatic N) is 3. The molecule has 0 spiro atoms. The largest absolute Gasteiger partial charge is 0.338 e. The Hall–Kier alpha value is -2.63. The third kappa shape index (κ3) is 3.11. The molecule has 2 aromatic rings.